The summed E-state index contributed by atoms with van der Waals surface area (Å²) in [5.41, 5.74) is 4.84. The van der Waals surface area contributed by atoms with E-state index in [2.05, 4.69) is 0 Å². The van der Waals surface area contributed by atoms with E-state index in [4.69, 9.17) is 14.2 Å². The number of carbonyl (C=O) groups is 2. The van der Waals surface area contributed by atoms with E-state index in [-0.39, 0.29) is 30.9 Å². The van der Waals surface area contributed by atoms with Crippen LogP contribution in [0.2, 0.25) is 0 Å². The smallest absolute Gasteiger partial charge is 0.416 e. The van der Waals surface area contributed by atoms with Crippen molar-refractivity contribution in [3.8, 4) is 45.4 Å². The number of aromatic nitrogens is 2. The monoisotopic (exact) mass is 930 g/mol. The van der Waals surface area contributed by atoms with Crippen LogP contribution in [0.15, 0.2) is 170 Å². The van der Waals surface area contributed by atoms with E-state index >= 15 is 0 Å². The first-order chi connectivity index (χ1) is 32.5. The quantitative estimate of drug-likeness (QED) is 0.0915. The van der Waals surface area contributed by atoms with Gasteiger partial charge in [0.25, 0.3) is 0 Å². The number of aromatic carboxylic acids is 1. The molecule has 68 heavy (non-hydrogen) atoms. The molecule has 8 aromatic rings. The molecule has 0 unspecified atom stereocenters. The molecule has 8 nitrogen and oxygen atoms in total. The van der Waals surface area contributed by atoms with Crippen LogP contribution in [0, 0.1) is 13.8 Å². The Morgan fingerprint density at radius 1 is 0.515 bits per heavy atom. The lowest BCUT2D eigenvalue weighted by Crippen LogP contribution is -2.08. The maximum Gasteiger partial charge on any atom is 0.416 e. The van der Waals surface area contributed by atoms with Gasteiger partial charge in [0, 0.05) is 33.9 Å². The van der Waals surface area contributed by atoms with Crippen molar-refractivity contribution >= 4 is 11.9 Å². The summed E-state index contributed by atoms with van der Waals surface area (Å²) in [5, 5.41) is 9.36. The predicted octanol–water partition coefficient (Wildman–Crippen LogP) is 14.0. The van der Waals surface area contributed by atoms with Crippen molar-refractivity contribution in [1.29, 1.82) is 0 Å². The molecule has 0 saturated carbocycles. The molecule has 0 aliphatic rings. The Morgan fingerprint density at radius 2 is 0.941 bits per heavy atom. The second kappa shape index (κ2) is 20.7. The highest BCUT2D eigenvalue weighted by Crippen LogP contribution is 2.41. The van der Waals surface area contributed by atoms with Crippen molar-refractivity contribution in [2.24, 2.45) is 0 Å². The highest BCUT2D eigenvalue weighted by Gasteiger charge is 2.33. The van der Waals surface area contributed by atoms with Crippen LogP contribution < -0.4 is 9.47 Å². The summed E-state index contributed by atoms with van der Waals surface area (Å²) in [4.78, 5) is 23.7. The van der Waals surface area contributed by atoms with E-state index in [1.54, 1.807) is 77.6 Å². The Labute approximate surface area is 388 Å². The molecule has 2 heterocycles. The number of esters is 1. The highest BCUT2D eigenvalue weighted by atomic mass is 19.4. The topological polar surface area (TPSA) is 91.9 Å². The summed E-state index contributed by atoms with van der Waals surface area (Å²) >= 11 is 0. The van der Waals surface area contributed by atoms with E-state index in [0.29, 0.717) is 45.4 Å². The van der Waals surface area contributed by atoms with E-state index in [9.17, 15) is 41.0 Å². The van der Waals surface area contributed by atoms with Gasteiger partial charge in [-0.2, -0.15) is 26.3 Å². The number of rotatable bonds is 13. The molecule has 0 spiro atoms. The minimum absolute atomic E-state index is 0.0798. The zero-order valence-electron chi connectivity index (χ0n) is 36.9. The maximum absolute atomic E-state index is 13.6. The van der Waals surface area contributed by atoms with Gasteiger partial charge in [-0.1, -0.05) is 72.8 Å². The molecule has 14 heteroatoms. The Morgan fingerprint density at radius 3 is 1.35 bits per heavy atom. The summed E-state index contributed by atoms with van der Waals surface area (Å²) in [6.45, 7) is 6.00. The number of carboxylic acid groups (broad SMARTS) is 1. The average Bonchev–Trinajstić information content (AvgIpc) is 3.92. The zero-order valence-corrected chi connectivity index (χ0v) is 36.9. The third kappa shape index (κ3) is 11.3. The van der Waals surface area contributed by atoms with Crippen LogP contribution in [0.4, 0.5) is 26.3 Å². The molecule has 0 bridgehead atoms. The number of carboxylic acids is 1. The molecule has 348 valence electrons. The number of halogens is 6. The van der Waals surface area contributed by atoms with Crippen molar-refractivity contribution in [2.45, 2.75) is 46.3 Å². The Balaban J connectivity index is 0.000000202. The number of benzene rings is 6. The summed E-state index contributed by atoms with van der Waals surface area (Å²) < 4.78 is 102. The van der Waals surface area contributed by atoms with Crippen molar-refractivity contribution < 1.29 is 55.2 Å². The molecule has 0 atom stereocenters. The molecule has 0 fully saturated rings. The van der Waals surface area contributed by atoms with Crippen molar-refractivity contribution in [3.63, 3.8) is 0 Å². The van der Waals surface area contributed by atoms with Gasteiger partial charge in [-0.05, 0) is 129 Å². The Bertz CT molecular complexity index is 3030. The van der Waals surface area contributed by atoms with Crippen molar-refractivity contribution in [3.05, 3.63) is 215 Å². The van der Waals surface area contributed by atoms with Gasteiger partial charge in [0.05, 0.1) is 40.2 Å². The lowest BCUT2D eigenvalue weighted by Gasteiger charge is -2.18. The first-order valence-corrected chi connectivity index (χ1v) is 21.3. The van der Waals surface area contributed by atoms with Crippen molar-refractivity contribution in [2.75, 3.05) is 6.61 Å². The number of ether oxygens (including phenoxy) is 3. The molecular weight excluding hydrogens is 887 g/mol. The lowest BCUT2D eigenvalue weighted by atomic mass is 10.1. The fourth-order valence-corrected chi connectivity index (χ4v) is 7.48. The van der Waals surface area contributed by atoms with Crippen LogP contribution in [-0.2, 0) is 30.3 Å². The average molecular weight is 931 g/mol. The number of hydrogen-bond donors (Lipinski definition) is 1. The third-order valence-electron chi connectivity index (χ3n) is 10.8. The molecule has 0 amide bonds. The van der Waals surface area contributed by atoms with Crippen LogP contribution in [0.3, 0.4) is 0 Å². The second-order valence-corrected chi connectivity index (χ2v) is 15.5. The van der Waals surface area contributed by atoms with E-state index in [0.717, 1.165) is 46.8 Å². The number of hydrogen-bond acceptors (Lipinski definition) is 5. The van der Waals surface area contributed by atoms with Crippen LogP contribution in [0.1, 0.15) is 61.3 Å². The SMILES string of the molecule is CCOC(=O)c1cccc(-n2c(C)ccc2-c2cc(C(F)(F)F)ccc2OCc2ccccc2)c1.Cc1ccc(-c2cc(C(F)(F)F)ccc2OCc2ccccc2)n1-c1cccc(C(=O)O)c1. The van der Waals surface area contributed by atoms with Gasteiger partial charge in [0.1, 0.15) is 24.7 Å². The highest BCUT2D eigenvalue weighted by molar-refractivity contribution is 5.90. The van der Waals surface area contributed by atoms with Gasteiger partial charge < -0.3 is 28.5 Å². The molecular formula is C54H44F6N2O6. The normalized spacial score (nSPS) is 11.4. The minimum atomic E-state index is -4.53. The fourth-order valence-electron chi connectivity index (χ4n) is 7.48. The van der Waals surface area contributed by atoms with E-state index in [1.807, 2.05) is 73.7 Å². The fraction of sp³-hybridized carbons (Fsp3) is 0.148. The number of carbonyl (C=O) groups excluding carboxylic acids is 1. The van der Waals surface area contributed by atoms with Gasteiger partial charge in [0.2, 0.25) is 0 Å². The standard InChI is InChI=1S/C28H24F3NO3.C26H20F3NO3/c1-3-34-27(33)21-10-7-11-23(16-21)32-19(2)12-14-25(32)24-17-22(28(29,30)31)13-15-26(24)35-18-20-8-5-4-6-9-20;1-17-10-12-23(30(17)21-9-5-8-19(14-21)25(31)32)22-15-20(26(27,28)29)11-13-24(22)33-16-18-6-3-2-4-7-18/h4-17H,3,18H2,1-2H3;2-15H,16H2,1H3,(H,31,32). The maximum atomic E-state index is 13.6. The molecule has 6 aromatic carbocycles. The summed E-state index contributed by atoms with van der Waals surface area (Å²) in [6.07, 6.45) is -9.04. The van der Waals surface area contributed by atoms with Crippen LogP contribution in [0.25, 0.3) is 33.9 Å². The molecule has 0 radical (unpaired) electrons. The molecule has 0 aliphatic heterocycles. The zero-order chi connectivity index (χ0) is 48.6. The molecule has 8 rings (SSSR count). The third-order valence-corrected chi connectivity index (χ3v) is 10.8. The van der Waals surface area contributed by atoms with E-state index < -0.39 is 35.4 Å². The predicted molar refractivity (Wildman–Crippen MR) is 246 cm³/mol. The number of aryl methyl sites for hydroxylation is 2. The van der Waals surface area contributed by atoms with Crippen molar-refractivity contribution in [1.82, 2.24) is 9.13 Å². The second-order valence-electron chi connectivity index (χ2n) is 15.5. The number of nitrogens with zero attached hydrogens (tertiary/aromatic N) is 2. The van der Waals surface area contributed by atoms with Gasteiger partial charge in [-0.15, -0.1) is 0 Å². The minimum Gasteiger partial charge on any atom is -0.488 e. The lowest BCUT2D eigenvalue weighted by molar-refractivity contribution is -0.138. The first kappa shape index (κ1) is 47.9. The van der Waals surface area contributed by atoms with Gasteiger partial charge in [0.15, 0.2) is 0 Å². The van der Waals surface area contributed by atoms with Gasteiger partial charge >= 0.3 is 24.3 Å². The largest absolute Gasteiger partial charge is 0.488 e. The molecule has 2 aromatic heterocycles. The summed E-state index contributed by atoms with van der Waals surface area (Å²) in [5.74, 6) is -0.941. The Hall–Kier alpha value is -8.00. The first-order valence-electron chi connectivity index (χ1n) is 21.3. The number of alkyl halides is 6. The summed E-state index contributed by atoms with van der Waals surface area (Å²) in [7, 11) is 0. The van der Waals surface area contributed by atoms with Crippen LogP contribution in [-0.4, -0.2) is 32.8 Å². The van der Waals surface area contributed by atoms with Crippen LogP contribution in [0.5, 0.6) is 11.5 Å². The van der Waals surface area contributed by atoms with Gasteiger partial charge in [-0.3, -0.25) is 0 Å². The molecule has 0 aliphatic carbocycles. The molecule has 1 N–H and O–H groups in total. The van der Waals surface area contributed by atoms with E-state index in [1.165, 1.54) is 24.3 Å². The Kier molecular flexibility index (Phi) is 14.6. The summed E-state index contributed by atoms with van der Waals surface area (Å²) in [6, 6.07) is 45.6. The van der Waals surface area contributed by atoms with Gasteiger partial charge in [-0.25, -0.2) is 9.59 Å². The molecule has 0 saturated heterocycles. The van der Waals surface area contributed by atoms with Crippen LogP contribution >= 0.6 is 0 Å².